The van der Waals surface area contributed by atoms with Crippen LogP contribution in [-0.2, 0) is 14.9 Å². The maximum atomic E-state index is 11.2. The summed E-state index contributed by atoms with van der Waals surface area (Å²) in [6, 6.07) is 0. The third-order valence-corrected chi connectivity index (χ3v) is 2.55. The van der Waals surface area contributed by atoms with Crippen molar-refractivity contribution in [3.63, 3.8) is 0 Å². The van der Waals surface area contributed by atoms with Gasteiger partial charge in [0, 0.05) is 13.0 Å². The molecule has 6 nitrogen and oxygen atoms in total. The van der Waals surface area contributed by atoms with E-state index in [1.807, 2.05) is 0 Å². The first-order valence-electron chi connectivity index (χ1n) is 4.89. The van der Waals surface area contributed by atoms with Gasteiger partial charge in [0.15, 0.2) is 0 Å². The molecule has 16 heavy (non-hydrogen) atoms. The van der Waals surface area contributed by atoms with Gasteiger partial charge in [0.05, 0.1) is 6.61 Å². The summed E-state index contributed by atoms with van der Waals surface area (Å²) in [6.07, 6.45) is 6.00. The van der Waals surface area contributed by atoms with Crippen LogP contribution in [0.25, 0.3) is 0 Å². The van der Waals surface area contributed by atoms with E-state index in [-0.39, 0.29) is 13.2 Å². The average molecular weight is 248 g/mol. The van der Waals surface area contributed by atoms with Crippen molar-refractivity contribution in [2.24, 2.45) is 0 Å². The summed E-state index contributed by atoms with van der Waals surface area (Å²) in [5.74, 6) is 2.45. The van der Waals surface area contributed by atoms with E-state index in [2.05, 4.69) is 15.4 Å². The van der Waals surface area contributed by atoms with E-state index < -0.39 is 16.3 Å². The topological polar surface area (TPSA) is 84.5 Å². The summed E-state index contributed by atoms with van der Waals surface area (Å²) in [6.45, 7) is 1.93. The van der Waals surface area contributed by atoms with Crippen LogP contribution in [0.5, 0.6) is 0 Å². The highest BCUT2D eigenvalue weighted by Gasteiger charge is 2.13. The number of terminal acetylenes is 1. The summed E-state index contributed by atoms with van der Waals surface area (Å²) in [5, 5.41) is 0. The van der Waals surface area contributed by atoms with Gasteiger partial charge in [-0.25, -0.2) is 9.52 Å². The van der Waals surface area contributed by atoms with Crippen molar-refractivity contribution in [1.82, 2.24) is 9.44 Å². The molecule has 0 aliphatic rings. The zero-order valence-corrected chi connectivity index (χ0v) is 9.97. The van der Waals surface area contributed by atoms with E-state index in [1.54, 1.807) is 11.6 Å². The van der Waals surface area contributed by atoms with E-state index in [9.17, 15) is 13.2 Å². The minimum absolute atomic E-state index is 0.115. The van der Waals surface area contributed by atoms with Crippen LogP contribution in [0.15, 0.2) is 0 Å². The molecule has 1 amide bonds. The van der Waals surface area contributed by atoms with E-state index >= 15 is 0 Å². The molecule has 2 N–H and O–H groups in total. The summed E-state index contributed by atoms with van der Waals surface area (Å²) in [4.78, 5) is 10.8. The number of ether oxygens (including phenoxy) is 1. The van der Waals surface area contributed by atoms with Crippen LogP contribution < -0.4 is 9.44 Å². The fourth-order valence-electron chi connectivity index (χ4n) is 0.865. The summed E-state index contributed by atoms with van der Waals surface area (Å²) < 4.78 is 30.7. The van der Waals surface area contributed by atoms with Gasteiger partial charge in [-0.2, -0.15) is 13.1 Å². The van der Waals surface area contributed by atoms with E-state index in [0.29, 0.717) is 12.8 Å². The summed E-state index contributed by atoms with van der Waals surface area (Å²) in [7, 11) is -3.82. The van der Waals surface area contributed by atoms with Crippen LogP contribution in [0, 0.1) is 12.3 Å². The van der Waals surface area contributed by atoms with Crippen molar-refractivity contribution in [2.45, 2.75) is 26.2 Å². The molecular formula is C9H16N2O4S. The van der Waals surface area contributed by atoms with Crippen LogP contribution in [0.4, 0.5) is 4.79 Å². The molecule has 0 saturated heterocycles. The first-order valence-corrected chi connectivity index (χ1v) is 6.37. The molecule has 0 unspecified atom stereocenters. The second-order valence-corrected chi connectivity index (χ2v) is 4.38. The van der Waals surface area contributed by atoms with Crippen molar-refractivity contribution in [3.8, 4) is 12.3 Å². The Morgan fingerprint density at radius 2 is 2.12 bits per heavy atom. The van der Waals surface area contributed by atoms with Gasteiger partial charge >= 0.3 is 16.3 Å². The zero-order valence-electron chi connectivity index (χ0n) is 9.15. The lowest BCUT2D eigenvalue weighted by molar-refractivity contribution is 0.158. The standard InChI is InChI=1S/C9H16N2O4S/c1-3-5-6-7-8-10-16(13,14)11-9(12)15-4-2/h1,10H,4-8H2,2H3,(H,11,12). The Balaban J connectivity index is 3.80. The van der Waals surface area contributed by atoms with Gasteiger partial charge in [-0.15, -0.1) is 12.3 Å². The second-order valence-electron chi connectivity index (χ2n) is 2.88. The zero-order chi connectivity index (χ0) is 12.4. The number of hydrogen-bond acceptors (Lipinski definition) is 4. The number of hydrogen-bond donors (Lipinski definition) is 2. The quantitative estimate of drug-likeness (QED) is 0.503. The van der Waals surface area contributed by atoms with Crippen molar-refractivity contribution < 1.29 is 17.9 Å². The predicted molar refractivity (Wildman–Crippen MR) is 59.8 cm³/mol. The Morgan fingerprint density at radius 1 is 1.44 bits per heavy atom. The second kappa shape index (κ2) is 7.96. The molecule has 0 aliphatic carbocycles. The minimum atomic E-state index is -3.82. The summed E-state index contributed by atoms with van der Waals surface area (Å²) in [5.41, 5.74) is 0. The largest absolute Gasteiger partial charge is 0.449 e. The first kappa shape index (κ1) is 14.7. The minimum Gasteiger partial charge on any atom is -0.449 e. The van der Waals surface area contributed by atoms with Gasteiger partial charge in [-0.1, -0.05) is 0 Å². The number of nitrogens with one attached hydrogen (secondary N) is 2. The van der Waals surface area contributed by atoms with E-state index in [0.717, 1.165) is 6.42 Å². The molecule has 0 radical (unpaired) electrons. The molecule has 0 spiro atoms. The fourth-order valence-corrected chi connectivity index (χ4v) is 1.63. The molecule has 0 aromatic carbocycles. The highest BCUT2D eigenvalue weighted by Crippen LogP contribution is 1.92. The summed E-state index contributed by atoms with van der Waals surface area (Å²) >= 11 is 0. The Labute approximate surface area is 95.9 Å². The fraction of sp³-hybridized carbons (Fsp3) is 0.667. The number of carbonyl (C=O) groups is 1. The highest BCUT2D eigenvalue weighted by molar-refractivity contribution is 7.88. The lowest BCUT2D eigenvalue weighted by Gasteiger charge is -2.07. The Kier molecular flexibility index (Phi) is 7.33. The van der Waals surface area contributed by atoms with Crippen LogP contribution in [0.3, 0.4) is 0 Å². The molecule has 0 saturated carbocycles. The van der Waals surface area contributed by atoms with Crippen molar-refractivity contribution in [3.05, 3.63) is 0 Å². The average Bonchev–Trinajstić information content (AvgIpc) is 2.16. The molecule has 92 valence electrons. The van der Waals surface area contributed by atoms with Crippen molar-refractivity contribution in [2.75, 3.05) is 13.2 Å². The molecule has 0 fully saturated rings. The van der Waals surface area contributed by atoms with Crippen molar-refractivity contribution >= 4 is 16.3 Å². The normalized spacial score (nSPS) is 10.5. The number of carbonyl (C=O) groups excluding carboxylic acids is 1. The molecular weight excluding hydrogens is 232 g/mol. The SMILES string of the molecule is C#CCCCCNS(=O)(=O)NC(=O)OCC. The Morgan fingerprint density at radius 3 is 2.69 bits per heavy atom. The Hall–Kier alpha value is -1.26. The monoisotopic (exact) mass is 248 g/mol. The lowest BCUT2D eigenvalue weighted by Crippen LogP contribution is -2.40. The van der Waals surface area contributed by atoms with Gasteiger partial charge in [0.2, 0.25) is 0 Å². The van der Waals surface area contributed by atoms with Crippen molar-refractivity contribution in [1.29, 1.82) is 0 Å². The molecule has 0 aliphatic heterocycles. The number of rotatable bonds is 7. The van der Waals surface area contributed by atoms with Gasteiger partial charge in [-0.05, 0) is 19.8 Å². The highest BCUT2D eigenvalue weighted by atomic mass is 32.2. The third kappa shape index (κ3) is 8.08. The van der Waals surface area contributed by atoms with Gasteiger partial charge < -0.3 is 4.74 Å². The molecule has 7 heteroatoms. The van der Waals surface area contributed by atoms with Crippen LogP contribution in [0.1, 0.15) is 26.2 Å². The van der Waals surface area contributed by atoms with Crippen LogP contribution in [-0.4, -0.2) is 27.7 Å². The van der Waals surface area contributed by atoms with E-state index in [1.165, 1.54) is 0 Å². The van der Waals surface area contributed by atoms with Gasteiger partial charge in [0.1, 0.15) is 0 Å². The number of unbranched alkanes of at least 4 members (excludes halogenated alkanes) is 2. The molecule has 0 rings (SSSR count). The molecule has 0 aromatic heterocycles. The smallest absolute Gasteiger partial charge is 0.421 e. The predicted octanol–water partition coefficient (Wildman–Crippen LogP) is 0.370. The van der Waals surface area contributed by atoms with Gasteiger partial charge in [0.25, 0.3) is 0 Å². The van der Waals surface area contributed by atoms with E-state index in [4.69, 9.17) is 6.42 Å². The van der Waals surface area contributed by atoms with Crippen LogP contribution >= 0.6 is 0 Å². The Bertz CT molecular complexity index is 345. The lowest BCUT2D eigenvalue weighted by atomic mass is 10.2. The molecule has 0 atom stereocenters. The molecule has 0 heterocycles. The first-order chi connectivity index (χ1) is 7.52. The van der Waals surface area contributed by atoms with Crippen LogP contribution in [0.2, 0.25) is 0 Å². The van der Waals surface area contributed by atoms with Gasteiger partial charge in [-0.3, -0.25) is 0 Å². The third-order valence-electron chi connectivity index (χ3n) is 1.53. The number of amides is 1. The maximum absolute atomic E-state index is 11.2. The molecule has 0 bridgehead atoms. The molecule has 0 aromatic rings. The maximum Gasteiger partial charge on any atom is 0.421 e.